The van der Waals surface area contributed by atoms with Gasteiger partial charge in [-0.3, -0.25) is 14.4 Å². The summed E-state index contributed by atoms with van der Waals surface area (Å²) >= 11 is 0. The highest BCUT2D eigenvalue weighted by Crippen LogP contribution is 2.53. The number of benzene rings is 2. The van der Waals surface area contributed by atoms with E-state index in [9.17, 15) is 19.5 Å². The lowest BCUT2D eigenvalue weighted by atomic mass is 9.82. The van der Waals surface area contributed by atoms with Crippen LogP contribution >= 0.6 is 0 Å². The number of aliphatic hydroxyl groups excluding tert-OH is 1. The van der Waals surface area contributed by atoms with Crippen molar-refractivity contribution >= 4 is 29.0 Å². The molecular formula is C23H22N2O5. The van der Waals surface area contributed by atoms with E-state index < -0.39 is 23.1 Å². The minimum atomic E-state index is -1.73. The standard InChI is InChI=1S/C23H22N2O5/c1-14-8-10-15(11-9-14)19(26)18-20(27)21(28)25(12-13-30-3)23(18)16-6-4-5-7-17(16)24(2)22(23)29/h4-11,26H,12-13H2,1-3H3/t23-/m0/s1. The predicted octanol–water partition coefficient (Wildman–Crippen LogP) is 2.19. The summed E-state index contributed by atoms with van der Waals surface area (Å²) in [5.41, 5.74) is 0.471. The van der Waals surface area contributed by atoms with Gasteiger partial charge in [-0.15, -0.1) is 0 Å². The number of likely N-dealkylation sites (N-methyl/N-ethyl adjacent to an activating group) is 1. The third-order valence-electron chi connectivity index (χ3n) is 5.78. The van der Waals surface area contributed by atoms with Gasteiger partial charge in [-0.25, -0.2) is 0 Å². The molecule has 2 aromatic rings. The summed E-state index contributed by atoms with van der Waals surface area (Å²) in [5, 5.41) is 11.2. The van der Waals surface area contributed by atoms with Gasteiger partial charge in [-0.1, -0.05) is 48.0 Å². The molecule has 1 atom stereocenters. The van der Waals surface area contributed by atoms with Gasteiger partial charge in [-0.05, 0) is 13.0 Å². The molecule has 2 heterocycles. The van der Waals surface area contributed by atoms with Crippen molar-refractivity contribution in [2.24, 2.45) is 0 Å². The Balaban J connectivity index is 2.05. The number of carbonyl (C=O) groups excluding carboxylic acids is 3. The molecule has 1 fully saturated rings. The van der Waals surface area contributed by atoms with E-state index in [0.717, 1.165) is 5.56 Å². The maximum absolute atomic E-state index is 13.6. The molecular weight excluding hydrogens is 384 g/mol. The molecule has 7 heteroatoms. The number of likely N-dealkylation sites (tertiary alicyclic amines) is 1. The average molecular weight is 406 g/mol. The summed E-state index contributed by atoms with van der Waals surface area (Å²) in [4.78, 5) is 42.5. The van der Waals surface area contributed by atoms with Crippen LogP contribution in [0.3, 0.4) is 0 Å². The number of para-hydroxylation sites is 1. The van der Waals surface area contributed by atoms with Crippen molar-refractivity contribution in [3.63, 3.8) is 0 Å². The summed E-state index contributed by atoms with van der Waals surface area (Å²) in [6.07, 6.45) is 0. The number of nitrogens with zero attached hydrogens (tertiary/aromatic N) is 2. The Labute approximate surface area is 174 Å². The number of hydrogen-bond donors (Lipinski definition) is 1. The van der Waals surface area contributed by atoms with Gasteiger partial charge in [-0.2, -0.15) is 0 Å². The van der Waals surface area contributed by atoms with Crippen LogP contribution in [0.5, 0.6) is 0 Å². The average Bonchev–Trinajstić information content (AvgIpc) is 3.11. The first-order chi connectivity index (χ1) is 14.4. The summed E-state index contributed by atoms with van der Waals surface area (Å²) in [7, 11) is 3.07. The lowest BCUT2D eigenvalue weighted by Gasteiger charge is -2.34. The van der Waals surface area contributed by atoms with Crippen LogP contribution in [-0.4, -0.2) is 54.9 Å². The van der Waals surface area contributed by atoms with Gasteiger partial charge >= 0.3 is 0 Å². The van der Waals surface area contributed by atoms with Crippen molar-refractivity contribution in [1.82, 2.24) is 4.90 Å². The molecule has 0 aliphatic carbocycles. The fourth-order valence-electron chi connectivity index (χ4n) is 4.31. The molecule has 2 aliphatic heterocycles. The number of Topliss-reactive ketones (excluding diaryl/α,β-unsaturated/α-hetero) is 1. The molecule has 0 aromatic heterocycles. The minimum Gasteiger partial charge on any atom is -0.507 e. The molecule has 0 saturated carbocycles. The summed E-state index contributed by atoms with van der Waals surface area (Å²) < 4.78 is 5.13. The molecule has 2 aromatic carbocycles. The van der Waals surface area contributed by atoms with Crippen molar-refractivity contribution < 1.29 is 24.2 Å². The number of carbonyl (C=O) groups is 3. The van der Waals surface area contributed by atoms with Gasteiger partial charge in [0, 0.05) is 37.5 Å². The van der Waals surface area contributed by atoms with E-state index in [1.54, 1.807) is 55.6 Å². The Morgan fingerprint density at radius 2 is 1.73 bits per heavy atom. The molecule has 30 heavy (non-hydrogen) atoms. The van der Waals surface area contributed by atoms with Gasteiger partial charge in [0.15, 0.2) is 5.54 Å². The van der Waals surface area contributed by atoms with E-state index in [1.165, 1.54) is 16.9 Å². The zero-order chi connectivity index (χ0) is 21.6. The third kappa shape index (κ3) is 2.52. The van der Waals surface area contributed by atoms with Gasteiger partial charge in [0.05, 0.1) is 12.2 Å². The Bertz CT molecular complexity index is 1090. The predicted molar refractivity (Wildman–Crippen MR) is 111 cm³/mol. The first-order valence-electron chi connectivity index (χ1n) is 9.59. The molecule has 0 radical (unpaired) electrons. The maximum Gasteiger partial charge on any atom is 0.296 e. The second-order valence-electron chi connectivity index (χ2n) is 7.46. The number of hydrogen-bond acceptors (Lipinski definition) is 5. The number of fused-ring (bicyclic) bond motifs is 2. The molecule has 1 saturated heterocycles. The van der Waals surface area contributed by atoms with Crippen LogP contribution in [0.2, 0.25) is 0 Å². The second-order valence-corrected chi connectivity index (χ2v) is 7.46. The molecule has 7 nitrogen and oxygen atoms in total. The van der Waals surface area contributed by atoms with Gasteiger partial charge in [0.25, 0.3) is 17.6 Å². The Morgan fingerprint density at radius 3 is 2.40 bits per heavy atom. The lowest BCUT2D eigenvalue weighted by molar-refractivity contribution is -0.144. The van der Waals surface area contributed by atoms with E-state index in [2.05, 4.69) is 0 Å². The van der Waals surface area contributed by atoms with Crippen LogP contribution in [0.1, 0.15) is 16.7 Å². The van der Waals surface area contributed by atoms with Crippen molar-refractivity contribution in [3.05, 3.63) is 70.8 Å². The molecule has 1 spiro atoms. The smallest absolute Gasteiger partial charge is 0.296 e. The number of aryl methyl sites for hydroxylation is 1. The molecule has 2 aliphatic rings. The molecule has 2 amide bonds. The van der Waals surface area contributed by atoms with Gasteiger partial charge in [0.1, 0.15) is 5.76 Å². The summed E-state index contributed by atoms with van der Waals surface area (Å²) in [6, 6.07) is 13.9. The first kappa shape index (κ1) is 19.8. The van der Waals surface area contributed by atoms with Crippen LogP contribution < -0.4 is 4.90 Å². The largest absolute Gasteiger partial charge is 0.507 e. The molecule has 0 unspecified atom stereocenters. The van der Waals surface area contributed by atoms with E-state index in [0.29, 0.717) is 16.8 Å². The first-order valence-corrected chi connectivity index (χ1v) is 9.59. The fourth-order valence-corrected chi connectivity index (χ4v) is 4.31. The van der Waals surface area contributed by atoms with E-state index in [4.69, 9.17) is 4.74 Å². The van der Waals surface area contributed by atoms with Gasteiger partial charge in [0.2, 0.25) is 0 Å². The topological polar surface area (TPSA) is 87.1 Å². The van der Waals surface area contributed by atoms with Crippen molar-refractivity contribution in [1.29, 1.82) is 0 Å². The normalized spacial score (nSPS) is 22.3. The van der Waals surface area contributed by atoms with Crippen LogP contribution in [0.15, 0.2) is 54.1 Å². The van der Waals surface area contributed by atoms with Crippen molar-refractivity contribution in [2.75, 3.05) is 32.2 Å². The number of anilines is 1. The van der Waals surface area contributed by atoms with Crippen molar-refractivity contribution in [3.8, 4) is 0 Å². The third-order valence-corrected chi connectivity index (χ3v) is 5.78. The number of rotatable bonds is 4. The number of methoxy groups -OCH3 is 1. The van der Waals surface area contributed by atoms with Gasteiger partial charge < -0.3 is 19.6 Å². The molecule has 154 valence electrons. The second kappa shape index (κ2) is 7.11. The van der Waals surface area contributed by atoms with E-state index in [1.807, 2.05) is 6.92 Å². The minimum absolute atomic E-state index is 0.0274. The van der Waals surface area contributed by atoms with Crippen molar-refractivity contribution in [2.45, 2.75) is 12.5 Å². The number of aliphatic hydroxyl groups is 1. The zero-order valence-electron chi connectivity index (χ0n) is 17.0. The molecule has 4 rings (SSSR count). The quantitative estimate of drug-likeness (QED) is 0.478. The molecule has 0 bridgehead atoms. The Hall–Kier alpha value is -3.45. The zero-order valence-corrected chi connectivity index (χ0v) is 17.0. The fraction of sp³-hybridized carbons (Fsp3) is 0.261. The highest BCUT2D eigenvalue weighted by atomic mass is 16.5. The van der Waals surface area contributed by atoms with Crippen LogP contribution in [-0.2, 0) is 24.7 Å². The monoisotopic (exact) mass is 406 g/mol. The Kier molecular flexibility index (Phi) is 4.70. The van der Waals surface area contributed by atoms with E-state index in [-0.39, 0.29) is 24.5 Å². The van der Waals surface area contributed by atoms with Crippen LogP contribution in [0, 0.1) is 6.92 Å². The SMILES string of the molecule is COCCN1C(=O)C(=O)C(=C(O)c2ccc(C)cc2)[C@@]12C(=O)N(C)c1ccccc12. The van der Waals surface area contributed by atoms with Crippen LogP contribution in [0.25, 0.3) is 5.76 Å². The molecule has 1 N–H and O–H groups in total. The number of ether oxygens (including phenoxy) is 1. The van der Waals surface area contributed by atoms with Crippen LogP contribution in [0.4, 0.5) is 5.69 Å². The number of ketones is 1. The maximum atomic E-state index is 13.6. The number of amides is 2. The highest BCUT2D eigenvalue weighted by Gasteiger charge is 2.66. The summed E-state index contributed by atoms with van der Waals surface area (Å²) in [6.45, 7) is 2.07. The summed E-state index contributed by atoms with van der Waals surface area (Å²) in [5.74, 6) is -2.55. The highest BCUT2D eigenvalue weighted by molar-refractivity contribution is 6.50. The Morgan fingerprint density at radius 1 is 1.07 bits per heavy atom. The lowest BCUT2D eigenvalue weighted by Crippen LogP contribution is -2.52. The van der Waals surface area contributed by atoms with E-state index >= 15 is 0 Å².